The predicted molar refractivity (Wildman–Crippen MR) is 126 cm³/mol. The topological polar surface area (TPSA) is 79.5 Å². The van der Waals surface area contributed by atoms with Gasteiger partial charge in [-0.2, -0.15) is 5.26 Å². The average Bonchev–Trinajstić information content (AvgIpc) is 2.83. The van der Waals surface area contributed by atoms with Crippen LogP contribution >= 0.6 is 0 Å². The van der Waals surface area contributed by atoms with E-state index in [9.17, 15) is 10.1 Å². The van der Waals surface area contributed by atoms with Gasteiger partial charge in [0.1, 0.15) is 30.2 Å². The summed E-state index contributed by atoms with van der Waals surface area (Å²) >= 11 is 0. The van der Waals surface area contributed by atoms with Gasteiger partial charge in [0.15, 0.2) is 0 Å². The molecule has 6 heteroatoms. The number of nitrogens with one attached hydrogen (secondary N) is 2. The van der Waals surface area contributed by atoms with Crippen molar-refractivity contribution >= 4 is 34.4 Å². The van der Waals surface area contributed by atoms with E-state index in [1.807, 2.05) is 36.4 Å². The Morgan fingerprint density at radius 2 is 1.94 bits per heavy atom. The molecule has 4 rings (SSSR count). The van der Waals surface area contributed by atoms with E-state index in [2.05, 4.69) is 47.3 Å². The van der Waals surface area contributed by atoms with Crippen LogP contribution in [-0.4, -0.2) is 32.2 Å². The molecule has 1 saturated heterocycles. The van der Waals surface area contributed by atoms with Crippen LogP contribution < -0.4 is 15.2 Å². The zero-order valence-electron chi connectivity index (χ0n) is 18.4. The third-order valence-electron chi connectivity index (χ3n) is 5.66. The summed E-state index contributed by atoms with van der Waals surface area (Å²) in [5.41, 5.74) is 4.90. The molecule has 2 aromatic carbocycles. The molecular formula is C26H27N4O2+. The first-order valence-electron chi connectivity index (χ1n) is 10.9. The van der Waals surface area contributed by atoms with Crippen molar-refractivity contribution in [3.63, 3.8) is 0 Å². The van der Waals surface area contributed by atoms with Crippen molar-refractivity contribution in [3.05, 3.63) is 70.8 Å². The van der Waals surface area contributed by atoms with Gasteiger partial charge in [0.25, 0.3) is 11.7 Å². The number of benzene rings is 2. The number of nitriles is 1. The maximum Gasteiger partial charge on any atom is 0.282 e. The molecule has 0 atom stereocenters. The summed E-state index contributed by atoms with van der Waals surface area (Å²) in [6.45, 7) is 6.90. The van der Waals surface area contributed by atoms with Gasteiger partial charge in [0, 0.05) is 11.1 Å². The average molecular weight is 428 g/mol. The molecule has 0 aliphatic carbocycles. The summed E-state index contributed by atoms with van der Waals surface area (Å²) in [4.78, 5) is 18.6. The highest BCUT2D eigenvalue weighted by Crippen LogP contribution is 2.24. The number of rotatable bonds is 5. The first-order valence-corrected chi connectivity index (χ1v) is 10.9. The molecule has 0 unspecified atom stereocenters. The van der Waals surface area contributed by atoms with Crippen molar-refractivity contribution in [2.45, 2.75) is 20.3 Å². The molecule has 1 amide bonds. The minimum absolute atomic E-state index is 0.0546. The van der Waals surface area contributed by atoms with E-state index >= 15 is 0 Å². The highest BCUT2D eigenvalue weighted by Gasteiger charge is 2.24. The van der Waals surface area contributed by atoms with Crippen LogP contribution in [-0.2, 0) is 16.0 Å². The molecule has 32 heavy (non-hydrogen) atoms. The van der Waals surface area contributed by atoms with E-state index in [0.717, 1.165) is 47.4 Å². The first-order chi connectivity index (χ1) is 15.6. The lowest BCUT2D eigenvalue weighted by molar-refractivity contribution is -0.331. The van der Waals surface area contributed by atoms with Crippen LogP contribution in [0.4, 0.5) is 11.5 Å². The number of aromatic nitrogens is 1. The Labute approximate surface area is 188 Å². The zero-order valence-corrected chi connectivity index (χ0v) is 18.4. The summed E-state index contributed by atoms with van der Waals surface area (Å²) in [6.07, 6.45) is 2.59. The maximum atomic E-state index is 12.9. The lowest BCUT2D eigenvalue weighted by Gasteiger charge is -2.23. The number of fused-ring (bicyclic) bond motifs is 1. The van der Waals surface area contributed by atoms with Gasteiger partial charge in [-0.3, -0.25) is 9.69 Å². The third-order valence-corrected chi connectivity index (χ3v) is 5.66. The van der Waals surface area contributed by atoms with E-state index < -0.39 is 5.91 Å². The number of carbonyl (C=O) groups is 1. The van der Waals surface area contributed by atoms with E-state index in [0.29, 0.717) is 18.9 Å². The van der Waals surface area contributed by atoms with Gasteiger partial charge < -0.3 is 10.1 Å². The molecule has 0 spiro atoms. The van der Waals surface area contributed by atoms with Crippen LogP contribution in [0.5, 0.6) is 0 Å². The van der Waals surface area contributed by atoms with E-state index in [1.165, 1.54) is 5.56 Å². The molecule has 1 aromatic heterocycles. The summed E-state index contributed by atoms with van der Waals surface area (Å²) in [5.74, 6) is 0.466. The lowest BCUT2D eigenvalue weighted by Crippen LogP contribution is -2.40. The normalized spacial score (nSPS) is 14.3. The van der Waals surface area contributed by atoms with Gasteiger partial charge in [-0.05, 0) is 54.8 Å². The summed E-state index contributed by atoms with van der Waals surface area (Å²) in [6, 6.07) is 18.0. The highest BCUT2D eigenvalue weighted by molar-refractivity contribution is 6.10. The summed E-state index contributed by atoms with van der Waals surface area (Å²) in [5, 5.41) is 13.6. The number of pyridine rings is 1. The minimum Gasteiger partial charge on any atom is -0.373 e. The van der Waals surface area contributed by atoms with Crippen LogP contribution in [0.1, 0.15) is 23.6 Å². The summed E-state index contributed by atoms with van der Waals surface area (Å²) < 4.78 is 5.50. The number of hydrogen-bond acceptors (Lipinski definition) is 4. The predicted octanol–water partition coefficient (Wildman–Crippen LogP) is 3.91. The van der Waals surface area contributed by atoms with Gasteiger partial charge in [-0.15, -0.1) is 0 Å². The molecule has 0 bridgehead atoms. The number of carbonyl (C=O) groups excluding carboxylic acids is 1. The van der Waals surface area contributed by atoms with Crippen LogP contribution in [0, 0.1) is 18.3 Å². The molecule has 1 aliphatic heterocycles. The third kappa shape index (κ3) is 4.79. The van der Waals surface area contributed by atoms with Gasteiger partial charge in [-0.1, -0.05) is 31.2 Å². The minimum atomic E-state index is -0.423. The fraction of sp³-hybridized carbons (Fsp3) is 0.269. The quantitative estimate of drug-likeness (QED) is 0.495. The van der Waals surface area contributed by atoms with Crippen LogP contribution in [0.15, 0.2) is 54.1 Å². The molecule has 2 heterocycles. The molecular weight excluding hydrogens is 400 g/mol. The van der Waals surface area contributed by atoms with E-state index in [-0.39, 0.29) is 5.57 Å². The molecule has 3 aromatic rings. The van der Waals surface area contributed by atoms with Crippen molar-refractivity contribution in [3.8, 4) is 6.07 Å². The Balaban J connectivity index is 1.70. The summed E-state index contributed by atoms with van der Waals surface area (Å²) in [7, 11) is 0. The first kappa shape index (κ1) is 21.5. The number of amides is 1. The van der Waals surface area contributed by atoms with E-state index in [1.54, 1.807) is 6.08 Å². The van der Waals surface area contributed by atoms with Crippen LogP contribution in [0.3, 0.4) is 0 Å². The number of morpholine rings is 1. The molecule has 1 fully saturated rings. The molecule has 0 radical (unpaired) electrons. The number of ether oxygens (including phenoxy) is 1. The molecule has 0 saturated carbocycles. The Morgan fingerprint density at radius 3 is 2.62 bits per heavy atom. The number of nitrogens with zero attached hydrogens (tertiary/aromatic N) is 2. The monoisotopic (exact) mass is 427 g/mol. The van der Waals surface area contributed by atoms with Gasteiger partial charge in [0.2, 0.25) is 0 Å². The largest absolute Gasteiger partial charge is 0.373 e. The van der Waals surface area contributed by atoms with Crippen LogP contribution in [0.25, 0.3) is 17.0 Å². The van der Waals surface area contributed by atoms with Crippen LogP contribution in [0.2, 0.25) is 0 Å². The number of H-pyrrole nitrogens is 1. The van der Waals surface area contributed by atoms with Crippen molar-refractivity contribution in [2.75, 3.05) is 36.5 Å². The van der Waals surface area contributed by atoms with Crippen molar-refractivity contribution < 1.29 is 14.5 Å². The number of aryl methyl sites for hydroxylation is 2. The molecule has 6 nitrogen and oxygen atoms in total. The van der Waals surface area contributed by atoms with Gasteiger partial charge in [-0.25, -0.2) is 4.98 Å². The van der Waals surface area contributed by atoms with Crippen molar-refractivity contribution in [1.82, 2.24) is 0 Å². The van der Waals surface area contributed by atoms with E-state index in [4.69, 9.17) is 4.74 Å². The molecule has 2 N–H and O–H groups in total. The fourth-order valence-electron chi connectivity index (χ4n) is 3.82. The van der Waals surface area contributed by atoms with Crippen molar-refractivity contribution in [2.24, 2.45) is 0 Å². The lowest BCUT2D eigenvalue weighted by atomic mass is 10.1. The smallest absolute Gasteiger partial charge is 0.282 e. The maximum absolute atomic E-state index is 12.9. The van der Waals surface area contributed by atoms with Crippen molar-refractivity contribution in [1.29, 1.82) is 5.26 Å². The Kier molecular flexibility index (Phi) is 6.48. The Bertz CT molecular complexity index is 1200. The second-order valence-corrected chi connectivity index (χ2v) is 7.94. The number of anilines is 2. The zero-order chi connectivity index (χ0) is 22.5. The van der Waals surface area contributed by atoms with Gasteiger partial charge in [0.05, 0.1) is 18.8 Å². The highest BCUT2D eigenvalue weighted by atomic mass is 16.5. The fourth-order valence-corrected chi connectivity index (χ4v) is 3.82. The van der Waals surface area contributed by atoms with Gasteiger partial charge >= 0.3 is 0 Å². The Hall–Kier alpha value is -3.69. The standard InChI is InChI=1S/C26H26N4O2/c1-3-19-5-8-23(9-6-19)28-26(31)22(17-27)16-21-15-20-7-4-18(2)14-24(20)29-25(21)30-10-12-32-13-11-30/h4-9,14-16H,3,10-13H2,1-2H3,(H,28,31)/p+1/b22-16+. The second kappa shape index (κ2) is 9.63. The molecule has 162 valence electrons. The number of hydrogen-bond donors (Lipinski definition) is 1. The second-order valence-electron chi connectivity index (χ2n) is 7.94. The number of aromatic amines is 1. The SMILES string of the molecule is CCc1ccc(NC(=O)/C(C#N)=C/c2cc3ccc(C)cc3[nH+]c2N2CCOCC2)cc1. The Morgan fingerprint density at radius 1 is 1.19 bits per heavy atom. The molecule has 1 aliphatic rings.